The van der Waals surface area contributed by atoms with Crippen molar-refractivity contribution in [2.45, 2.75) is 45.3 Å². The number of carbonyl (C=O) groups is 1. The van der Waals surface area contributed by atoms with Crippen LogP contribution in [0.25, 0.3) is 0 Å². The van der Waals surface area contributed by atoms with E-state index in [0.29, 0.717) is 10.7 Å². The van der Waals surface area contributed by atoms with Crippen LogP contribution in [0.3, 0.4) is 0 Å². The Balaban J connectivity index is 2.05. The molecule has 0 radical (unpaired) electrons. The fourth-order valence-electron chi connectivity index (χ4n) is 2.45. The Hall–Kier alpha value is -1.58. The maximum Gasteiger partial charge on any atom is 0.494 e. The second-order valence-corrected chi connectivity index (χ2v) is 9.10. The van der Waals surface area contributed by atoms with Crippen LogP contribution < -0.4 is 5.46 Å². The van der Waals surface area contributed by atoms with Crippen molar-refractivity contribution >= 4 is 28.7 Å². The van der Waals surface area contributed by atoms with Crippen molar-refractivity contribution in [1.29, 1.82) is 0 Å². The van der Waals surface area contributed by atoms with Crippen molar-refractivity contribution in [2.24, 2.45) is 0 Å². The van der Waals surface area contributed by atoms with E-state index in [-0.39, 0.29) is 6.54 Å². The van der Waals surface area contributed by atoms with Gasteiger partial charge < -0.3 is 14.4 Å². The van der Waals surface area contributed by atoms with Crippen LogP contribution in [-0.2, 0) is 25.8 Å². The molecule has 1 aromatic rings. The molecular formula is C16H24BNO6S. The number of carboxylic acid groups (broad SMARTS) is 1. The molecule has 0 bridgehead atoms. The molecule has 0 saturated carbocycles. The van der Waals surface area contributed by atoms with Gasteiger partial charge >= 0.3 is 13.2 Å². The molecule has 1 amide bonds. The lowest BCUT2D eigenvalue weighted by Crippen LogP contribution is -2.41. The fraction of sp³-hybridized carbons (Fsp3) is 0.562. The van der Waals surface area contributed by atoms with Crippen LogP contribution in [0.1, 0.15) is 33.3 Å². The van der Waals surface area contributed by atoms with Gasteiger partial charge in [0, 0.05) is 6.54 Å². The quantitative estimate of drug-likeness (QED) is 0.790. The lowest BCUT2D eigenvalue weighted by molar-refractivity contribution is 0.00578. The summed E-state index contributed by atoms with van der Waals surface area (Å²) in [6.45, 7) is 7.80. The van der Waals surface area contributed by atoms with Gasteiger partial charge in [-0.05, 0) is 45.1 Å². The Bertz CT molecular complexity index is 728. The van der Waals surface area contributed by atoms with Crippen LogP contribution in [-0.4, -0.2) is 55.0 Å². The smallest absolute Gasteiger partial charge is 0.464 e. The van der Waals surface area contributed by atoms with E-state index in [4.69, 9.17) is 14.4 Å². The molecule has 1 saturated heterocycles. The summed E-state index contributed by atoms with van der Waals surface area (Å²) in [5, 5.41) is 8.99. The molecule has 25 heavy (non-hydrogen) atoms. The molecule has 1 heterocycles. The summed E-state index contributed by atoms with van der Waals surface area (Å²) in [6.07, 6.45) is -0.303. The Morgan fingerprint density at radius 2 is 1.60 bits per heavy atom. The number of sulfonamides is 1. The first-order chi connectivity index (χ1) is 11.3. The average molecular weight is 369 g/mol. The van der Waals surface area contributed by atoms with Gasteiger partial charge in [0.25, 0.3) is 0 Å². The van der Waals surface area contributed by atoms with E-state index in [9.17, 15) is 13.2 Å². The topological polar surface area (TPSA) is 93.1 Å². The van der Waals surface area contributed by atoms with Crippen LogP contribution in [0.2, 0.25) is 0 Å². The number of hydrogen-bond acceptors (Lipinski definition) is 5. The predicted molar refractivity (Wildman–Crippen MR) is 95.4 cm³/mol. The minimum atomic E-state index is -3.79. The molecule has 1 fully saturated rings. The maximum atomic E-state index is 11.5. The van der Waals surface area contributed by atoms with Crippen molar-refractivity contribution in [2.75, 3.05) is 12.8 Å². The molecule has 0 aromatic heterocycles. The molecule has 138 valence electrons. The van der Waals surface area contributed by atoms with Crippen molar-refractivity contribution in [3.8, 4) is 0 Å². The normalized spacial score (nSPS) is 19.0. The number of nitrogens with zero attached hydrogens (tertiary/aromatic N) is 1. The number of hydrogen-bond donors (Lipinski definition) is 1. The van der Waals surface area contributed by atoms with Crippen LogP contribution in [0.4, 0.5) is 4.79 Å². The zero-order valence-electron chi connectivity index (χ0n) is 15.1. The molecule has 9 heteroatoms. The third-order valence-electron chi connectivity index (χ3n) is 4.72. The molecule has 0 atom stereocenters. The fourth-order valence-corrected chi connectivity index (χ4v) is 3.16. The van der Waals surface area contributed by atoms with E-state index in [0.717, 1.165) is 17.3 Å². The molecule has 0 aliphatic carbocycles. The van der Waals surface area contributed by atoms with Crippen LogP contribution in [0.5, 0.6) is 0 Å². The zero-order valence-corrected chi connectivity index (χ0v) is 16.0. The third kappa shape index (κ3) is 4.34. The number of amides is 1. The molecule has 1 aliphatic rings. The summed E-state index contributed by atoms with van der Waals surface area (Å²) in [4.78, 5) is 11.0. The average Bonchev–Trinajstić information content (AvgIpc) is 2.66. The molecule has 2 rings (SSSR count). The van der Waals surface area contributed by atoms with Crippen LogP contribution in [0.15, 0.2) is 24.3 Å². The van der Waals surface area contributed by atoms with Crippen molar-refractivity contribution in [1.82, 2.24) is 4.31 Å². The minimum Gasteiger partial charge on any atom is -0.464 e. The van der Waals surface area contributed by atoms with Gasteiger partial charge in [-0.25, -0.2) is 17.5 Å². The van der Waals surface area contributed by atoms with Gasteiger partial charge in [0.15, 0.2) is 0 Å². The zero-order chi connectivity index (χ0) is 19.0. The SMILES string of the molecule is CC1(C)OB(c2ccc(CCN(C(=O)O)S(C)(=O)=O)cc2)OC1(C)C. The second-order valence-electron chi connectivity index (χ2n) is 7.20. The summed E-state index contributed by atoms with van der Waals surface area (Å²) in [7, 11) is -4.25. The van der Waals surface area contributed by atoms with Crippen molar-refractivity contribution in [3.63, 3.8) is 0 Å². The third-order valence-corrected chi connectivity index (χ3v) is 5.86. The van der Waals surface area contributed by atoms with E-state index in [2.05, 4.69) is 0 Å². The summed E-state index contributed by atoms with van der Waals surface area (Å²) in [5.74, 6) is 0. The molecule has 0 spiro atoms. The first kappa shape index (κ1) is 19.7. The Labute approximate surface area is 149 Å². The molecule has 1 N–H and O–H groups in total. The van der Waals surface area contributed by atoms with Gasteiger partial charge in [0.1, 0.15) is 0 Å². The summed E-state index contributed by atoms with van der Waals surface area (Å²) in [5.41, 5.74) is 0.845. The molecule has 1 aliphatic heterocycles. The van der Waals surface area contributed by atoms with Gasteiger partial charge in [-0.2, -0.15) is 0 Å². The van der Waals surface area contributed by atoms with Crippen molar-refractivity contribution < 1.29 is 27.6 Å². The van der Waals surface area contributed by atoms with Gasteiger partial charge in [0.05, 0.1) is 17.5 Å². The lowest BCUT2D eigenvalue weighted by Gasteiger charge is -2.32. The lowest BCUT2D eigenvalue weighted by atomic mass is 9.79. The summed E-state index contributed by atoms with van der Waals surface area (Å²) < 4.78 is 35.3. The highest BCUT2D eigenvalue weighted by atomic mass is 32.2. The van der Waals surface area contributed by atoms with E-state index >= 15 is 0 Å². The first-order valence-electron chi connectivity index (χ1n) is 7.98. The maximum absolute atomic E-state index is 11.5. The van der Waals surface area contributed by atoms with Gasteiger partial charge in [-0.3, -0.25) is 0 Å². The first-order valence-corrected chi connectivity index (χ1v) is 9.83. The van der Waals surface area contributed by atoms with E-state index in [1.165, 1.54) is 0 Å². The van der Waals surface area contributed by atoms with Gasteiger partial charge in [-0.1, -0.05) is 24.3 Å². The number of rotatable bonds is 5. The van der Waals surface area contributed by atoms with E-state index < -0.39 is 34.4 Å². The van der Waals surface area contributed by atoms with Crippen molar-refractivity contribution in [3.05, 3.63) is 29.8 Å². The molecular weight excluding hydrogens is 345 g/mol. The Morgan fingerprint density at radius 1 is 1.12 bits per heavy atom. The molecule has 0 unspecified atom stereocenters. The highest BCUT2D eigenvalue weighted by Gasteiger charge is 2.51. The van der Waals surface area contributed by atoms with Gasteiger partial charge in [-0.15, -0.1) is 0 Å². The summed E-state index contributed by atoms with van der Waals surface area (Å²) in [6, 6.07) is 7.34. The van der Waals surface area contributed by atoms with Gasteiger partial charge in [0.2, 0.25) is 10.0 Å². The van der Waals surface area contributed by atoms with E-state index in [1.807, 2.05) is 52.0 Å². The van der Waals surface area contributed by atoms with Crippen LogP contribution in [0, 0.1) is 0 Å². The number of benzene rings is 1. The Kier molecular flexibility index (Phi) is 5.23. The van der Waals surface area contributed by atoms with E-state index in [1.54, 1.807) is 0 Å². The second kappa shape index (κ2) is 6.62. The monoisotopic (exact) mass is 369 g/mol. The standard InChI is InChI=1S/C16H24BNO6S/c1-15(2)16(3,4)24-17(23-15)13-8-6-12(7-9-13)10-11-18(14(19)20)25(5,21)22/h6-9H,10-11H2,1-5H3,(H,19,20). The molecule has 7 nitrogen and oxygen atoms in total. The van der Waals surface area contributed by atoms with Crippen LogP contribution >= 0.6 is 0 Å². The molecule has 1 aromatic carbocycles. The summed E-state index contributed by atoms with van der Waals surface area (Å²) >= 11 is 0. The Morgan fingerprint density at radius 3 is 2.00 bits per heavy atom. The predicted octanol–water partition coefficient (Wildman–Crippen LogP) is 1.47. The largest absolute Gasteiger partial charge is 0.494 e. The highest BCUT2D eigenvalue weighted by molar-refractivity contribution is 7.88. The minimum absolute atomic E-state index is 0.121. The highest BCUT2D eigenvalue weighted by Crippen LogP contribution is 2.36.